The van der Waals surface area contributed by atoms with Crippen molar-refractivity contribution in [2.75, 3.05) is 35.8 Å². The lowest BCUT2D eigenvalue weighted by atomic mass is 10.0. The van der Waals surface area contributed by atoms with E-state index < -0.39 is 6.03 Å². The summed E-state index contributed by atoms with van der Waals surface area (Å²) in [6, 6.07) is 9.97. The first-order valence-electron chi connectivity index (χ1n) is 8.43. The molecule has 1 aliphatic rings. The van der Waals surface area contributed by atoms with Gasteiger partial charge in [0.2, 0.25) is 0 Å². The average Bonchev–Trinajstić information content (AvgIpc) is 2.64. The summed E-state index contributed by atoms with van der Waals surface area (Å²) in [6.45, 7) is 0.656. The van der Waals surface area contributed by atoms with Crippen molar-refractivity contribution in [1.82, 2.24) is 0 Å². The van der Waals surface area contributed by atoms with Crippen LogP contribution in [0.4, 0.5) is 21.9 Å². The first kappa shape index (κ1) is 19.5. The third kappa shape index (κ3) is 4.71. The van der Waals surface area contributed by atoms with E-state index in [1.807, 2.05) is 12.1 Å². The number of fused-ring (bicyclic) bond motifs is 1. The maximum Gasteiger partial charge on any atom is 0.323 e. The molecule has 0 fully saturated rings. The van der Waals surface area contributed by atoms with E-state index in [4.69, 9.17) is 27.9 Å². The number of amides is 3. The lowest BCUT2D eigenvalue weighted by Crippen LogP contribution is -2.37. The maximum absolute atomic E-state index is 12.3. The first-order valence-corrected chi connectivity index (χ1v) is 9.19. The van der Waals surface area contributed by atoms with Crippen LogP contribution in [0.3, 0.4) is 0 Å². The Hall–Kier alpha value is -2.28. The van der Waals surface area contributed by atoms with E-state index in [0.29, 0.717) is 28.0 Å². The number of ether oxygens (including phenoxy) is 1. The molecule has 3 amide bonds. The monoisotopic (exact) mass is 407 g/mol. The topological polar surface area (TPSA) is 70.7 Å². The molecule has 2 N–H and O–H groups in total. The van der Waals surface area contributed by atoms with Gasteiger partial charge < -0.3 is 20.3 Å². The minimum atomic E-state index is -0.418. The molecule has 3 rings (SSSR count). The van der Waals surface area contributed by atoms with Crippen molar-refractivity contribution in [1.29, 1.82) is 0 Å². The van der Waals surface area contributed by atoms with Crippen LogP contribution in [0.25, 0.3) is 0 Å². The van der Waals surface area contributed by atoms with Crippen molar-refractivity contribution in [2.45, 2.75) is 12.8 Å². The summed E-state index contributed by atoms with van der Waals surface area (Å²) in [5.74, 6) is -0.101. The standard InChI is InChI=1S/C19H19Cl2N3O3/c1-27-11-18(25)24-8-2-3-12-4-5-14(10-17(12)24)23-19(26)22-13-6-7-15(20)16(21)9-13/h4-7,9-10H,2-3,8,11H2,1H3,(H2,22,23,26). The molecule has 0 spiro atoms. The highest BCUT2D eigenvalue weighted by atomic mass is 35.5. The van der Waals surface area contributed by atoms with Gasteiger partial charge in [-0.25, -0.2) is 4.79 Å². The SMILES string of the molecule is COCC(=O)N1CCCc2ccc(NC(=O)Nc3ccc(Cl)c(Cl)c3)cc21. The predicted octanol–water partition coefficient (Wildman–Crippen LogP) is 4.56. The number of hydrogen-bond donors (Lipinski definition) is 2. The maximum atomic E-state index is 12.3. The van der Waals surface area contributed by atoms with Gasteiger partial charge in [0.15, 0.2) is 0 Å². The van der Waals surface area contributed by atoms with Gasteiger partial charge in [0, 0.05) is 30.7 Å². The van der Waals surface area contributed by atoms with Crippen LogP contribution in [0.15, 0.2) is 36.4 Å². The highest BCUT2D eigenvalue weighted by Crippen LogP contribution is 2.30. The van der Waals surface area contributed by atoms with Gasteiger partial charge in [-0.1, -0.05) is 29.3 Å². The number of benzene rings is 2. The third-order valence-corrected chi connectivity index (χ3v) is 4.95. The molecule has 27 heavy (non-hydrogen) atoms. The Labute approximate surface area is 167 Å². The largest absolute Gasteiger partial charge is 0.375 e. The lowest BCUT2D eigenvalue weighted by molar-refractivity contribution is -0.122. The van der Waals surface area contributed by atoms with Crippen LogP contribution in [0.1, 0.15) is 12.0 Å². The molecular formula is C19H19Cl2N3O3. The molecule has 0 saturated heterocycles. The number of aryl methyl sites for hydroxylation is 1. The number of urea groups is 1. The van der Waals surface area contributed by atoms with Crippen LogP contribution in [-0.4, -0.2) is 32.2 Å². The van der Waals surface area contributed by atoms with Crippen molar-refractivity contribution >= 4 is 52.2 Å². The number of carbonyl (C=O) groups excluding carboxylic acids is 2. The minimum absolute atomic E-state index is 0.0227. The summed E-state index contributed by atoms with van der Waals surface area (Å²) in [5.41, 5.74) is 2.98. The second-order valence-electron chi connectivity index (χ2n) is 6.13. The Morgan fingerprint density at radius 2 is 1.78 bits per heavy atom. The fraction of sp³-hybridized carbons (Fsp3) is 0.263. The molecule has 0 atom stereocenters. The second kappa shape index (κ2) is 8.61. The average molecular weight is 408 g/mol. The number of rotatable bonds is 4. The Kier molecular flexibility index (Phi) is 6.21. The molecule has 2 aromatic carbocycles. The third-order valence-electron chi connectivity index (χ3n) is 4.21. The van der Waals surface area contributed by atoms with Gasteiger partial charge in [-0.2, -0.15) is 0 Å². The molecule has 0 aromatic heterocycles. The van der Waals surface area contributed by atoms with E-state index in [1.165, 1.54) is 7.11 Å². The number of hydrogen-bond acceptors (Lipinski definition) is 3. The first-order chi connectivity index (χ1) is 13.0. The molecule has 0 bridgehead atoms. The van der Waals surface area contributed by atoms with Gasteiger partial charge in [0.05, 0.1) is 10.0 Å². The molecule has 1 heterocycles. The molecule has 8 heteroatoms. The summed E-state index contributed by atoms with van der Waals surface area (Å²) in [5, 5.41) is 6.24. The number of methoxy groups -OCH3 is 1. The Balaban J connectivity index is 1.73. The molecule has 0 radical (unpaired) electrons. The molecule has 0 aliphatic carbocycles. The molecule has 0 unspecified atom stereocenters. The molecule has 0 saturated carbocycles. The van der Waals surface area contributed by atoms with Gasteiger partial charge in [0.25, 0.3) is 5.91 Å². The zero-order valence-electron chi connectivity index (χ0n) is 14.7. The van der Waals surface area contributed by atoms with Gasteiger partial charge >= 0.3 is 6.03 Å². The number of halogens is 2. The van der Waals surface area contributed by atoms with Crippen molar-refractivity contribution in [2.24, 2.45) is 0 Å². The van der Waals surface area contributed by atoms with E-state index in [1.54, 1.807) is 29.2 Å². The smallest absolute Gasteiger partial charge is 0.323 e. The predicted molar refractivity (Wildman–Crippen MR) is 108 cm³/mol. The van der Waals surface area contributed by atoms with E-state index >= 15 is 0 Å². The second-order valence-corrected chi connectivity index (χ2v) is 6.95. The van der Waals surface area contributed by atoms with Crippen LogP contribution in [0.5, 0.6) is 0 Å². The van der Waals surface area contributed by atoms with Crippen molar-refractivity contribution in [3.63, 3.8) is 0 Å². The van der Waals surface area contributed by atoms with Crippen molar-refractivity contribution in [3.05, 3.63) is 52.0 Å². The summed E-state index contributed by atoms with van der Waals surface area (Å²) in [7, 11) is 1.49. The zero-order chi connectivity index (χ0) is 19.4. The molecule has 142 valence electrons. The Morgan fingerprint density at radius 1 is 1.07 bits per heavy atom. The number of anilines is 3. The summed E-state index contributed by atoms with van der Waals surface area (Å²) < 4.78 is 4.96. The molecular weight excluding hydrogens is 389 g/mol. The fourth-order valence-corrected chi connectivity index (χ4v) is 3.28. The summed E-state index contributed by atoms with van der Waals surface area (Å²) >= 11 is 11.8. The minimum Gasteiger partial charge on any atom is -0.375 e. The number of nitrogens with zero attached hydrogens (tertiary/aromatic N) is 1. The Bertz CT molecular complexity index is 873. The van der Waals surface area contributed by atoms with Crippen molar-refractivity contribution in [3.8, 4) is 0 Å². The molecule has 1 aliphatic heterocycles. The fourth-order valence-electron chi connectivity index (χ4n) is 2.98. The van der Waals surface area contributed by atoms with Gasteiger partial charge in [0.1, 0.15) is 6.61 Å². The van der Waals surface area contributed by atoms with Gasteiger partial charge in [-0.15, -0.1) is 0 Å². The van der Waals surface area contributed by atoms with E-state index in [9.17, 15) is 9.59 Å². The highest BCUT2D eigenvalue weighted by Gasteiger charge is 2.22. The van der Waals surface area contributed by atoms with Crippen LogP contribution in [0, 0.1) is 0 Å². The van der Waals surface area contributed by atoms with Crippen LogP contribution < -0.4 is 15.5 Å². The quantitative estimate of drug-likeness (QED) is 0.779. The van der Waals surface area contributed by atoms with E-state index in [0.717, 1.165) is 24.1 Å². The van der Waals surface area contributed by atoms with E-state index in [-0.39, 0.29) is 12.5 Å². The highest BCUT2D eigenvalue weighted by molar-refractivity contribution is 6.42. The van der Waals surface area contributed by atoms with E-state index in [2.05, 4.69) is 10.6 Å². The van der Waals surface area contributed by atoms with Gasteiger partial charge in [-0.05, 0) is 48.7 Å². The number of nitrogens with one attached hydrogen (secondary N) is 2. The van der Waals surface area contributed by atoms with Gasteiger partial charge in [-0.3, -0.25) is 4.79 Å². The Morgan fingerprint density at radius 3 is 2.48 bits per heavy atom. The molecule has 6 nitrogen and oxygen atoms in total. The molecule has 2 aromatic rings. The normalized spacial score (nSPS) is 13.1. The summed E-state index contributed by atoms with van der Waals surface area (Å²) in [6.07, 6.45) is 1.79. The van der Waals surface area contributed by atoms with Crippen LogP contribution in [0.2, 0.25) is 10.0 Å². The number of carbonyl (C=O) groups is 2. The van der Waals surface area contributed by atoms with Crippen LogP contribution >= 0.6 is 23.2 Å². The lowest BCUT2D eigenvalue weighted by Gasteiger charge is -2.29. The summed E-state index contributed by atoms with van der Waals surface area (Å²) in [4.78, 5) is 26.2. The van der Waals surface area contributed by atoms with Crippen LogP contribution in [-0.2, 0) is 16.0 Å². The van der Waals surface area contributed by atoms with Crippen molar-refractivity contribution < 1.29 is 14.3 Å². The zero-order valence-corrected chi connectivity index (χ0v) is 16.2.